The Labute approximate surface area is 134 Å². The first-order valence-electron chi connectivity index (χ1n) is 5.53. The molecule has 3 rings (SSSR count). The minimum atomic E-state index is -0.220. The molecule has 2 heterocycles. The van der Waals surface area contributed by atoms with E-state index in [-0.39, 0.29) is 5.91 Å². The molecule has 1 fully saturated rings. The van der Waals surface area contributed by atoms with E-state index in [0.29, 0.717) is 25.0 Å². The molecule has 0 unspecified atom stereocenters. The van der Waals surface area contributed by atoms with E-state index >= 15 is 0 Å². The topological polar surface area (TPSA) is 42.0 Å². The second kappa shape index (κ2) is 5.33. The zero-order chi connectivity index (χ0) is 14.3. The van der Waals surface area contributed by atoms with Crippen molar-refractivity contribution in [2.75, 3.05) is 0 Å². The number of thioether (sulfide) groups is 1. The number of thiocarbonyl (C=S) groups is 1. The molecule has 1 saturated heterocycles. The third-order valence-corrected chi connectivity index (χ3v) is 4.39. The highest BCUT2D eigenvalue weighted by molar-refractivity contribution is 8.26. The number of fused-ring (bicyclic) bond motifs is 1. The molecule has 1 aliphatic rings. The Morgan fingerprint density at radius 3 is 2.80 bits per heavy atom. The number of aromatic nitrogens is 1. The van der Waals surface area contributed by atoms with Crippen LogP contribution in [0.3, 0.4) is 0 Å². The Kier molecular flexibility index (Phi) is 3.69. The highest BCUT2D eigenvalue weighted by Crippen LogP contribution is 2.30. The molecule has 0 bridgehead atoms. The number of nitrogens with zero attached hydrogens (tertiary/aromatic N) is 1. The highest BCUT2D eigenvalue weighted by Gasteiger charge is 2.22. The van der Waals surface area contributed by atoms with Crippen LogP contribution in [0.5, 0.6) is 0 Å². The third-order valence-electron chi connectivity index (χ3n) is 2.69. The molecular weight excluding hydrogens is 335 g/mol. The van der Waals surface area contributed by atoms with E-state index in [2.05, 4.69) is 10.3 Å². The number of amides is 1. The molecule has 0 aliphatic carbocycles. The van der Waals surface area contributed by atoms with Gasteiger partial charge < -0.3 is 5.32 Å². The molecular formula is C13H6Cl2N2OS2. The Bertz CT molecular complexity index is 789. The van der Waals surface area contributed by atoms with Crippen LogP contribution in [0.2, 0.25) is 10.2 Å². The molecule has 1 aromatic carbocycles. The smallest absolute Gasteiger partial charge is 0.263 e. The molecule has 1 N–H and O–H groups in total. The average molecular weight is 341 g/mol. The van der Waals surface area contributed by atoms with Gasteiger partial charge in [-0.3, -0.25) is 4.79 Å². The van der Waals surface area contributed by atoms with E-state index < -0.39 is 0 Å². The van der Waals surface area contributed by atoms with Gasteiger partial charge >= 0.3 is 0 Å². The third kappa shape index (κ3) is 2.67. The molecule has 20 heavy (non-hydrogen) atoms. The lowest BCUT2D eigenvalue weighted by Gasteiger charge is -2.03. The fourth-order valence-electron chi connectivity index (χ4n) is 1.80. The SMILES string of the molecule is O=C1NC(=S)S/C1=C\c1cc2cc(Cl)ccc2nc1Cl. The molecule has 1 aliphatic heterocycles. The van der Waals surface area contributed by atoms with Gasteiger partial charge in [-0.1, -0.05) is 47.2 Å². The Morgan fingerprint density at radius 2 is 2.10 bits per heavy atom. The normalized spacial score (nSPS) is 17.0. The van der Waals surface area contributed by atoms with Crippen molar-refractivity contribution in [1.82, 2.24) is 10.3 Å². The maximum absolute atomic E-state index is 11.6. The van der Waals surface area contributed by atoms with E-state index in [9.17, 15) is 4.79 Å². The Balaban J connectivity index is 2.12. The summed E-state index contributed by atoms with van der Waals surface area (Å²) in [7, 11) is 0. The molecule has 100 valence electrons. The summed E-state index contributed by atoms with van der Waals surface area (Å²) in [4.78, 5) is 16.4. The van der Waals surface area contributed by atoms with Crippen molar-refractivity contribution >= 4 is 74.4 Å². The van der Waals surface area contributed by atoms with Crippen LogP contribution in [0.15, 0.2) is 29.2 Å². The zero-order valence-corrected chi connectivity index (χ0v) is 13.0. The molecule has 2 aromatic rings. The molecule has 0 radical (unpaired) electrons. The summed E-state index contributed by atoms with van der Waals surface area (Å²) in [5.41, 5.74) is 1.41. The summed E-state index contributed by atoms with van der Waals surface area (Å²) in [5, 5.41) is 4.37. The quantitative estimate of drug-likeness (QED) is 0.483. The van der Waals surface area contributed by atoms with Crippen molar-refractivity contribution < 1.29 is 4.79 Å². The lowest BCUT2D eigenvalue weighted by Crippen LogP contribution is -2.17. The number of benzene rings is 1. The van der Waals surface area contributed by atoms with E-state index in [1.807, 2.05) is 6.07 Å². The van der Waals surface area contributed by atoms with Crippen molar-refractivity contribution in [2.24, 2.45) is 0 Å². The van der Waals surface area contributed by atoms with E-state index in [0.717, 1.165) is 10.9 Å². The second-order valence-electron chi connectivity index (χ2n) is 4.06. The van der Waals surface area contributed by atoms with Gasteiger partial charge in [0.05, 0.1) is 10.4 Å². The van der Waals surface area contributed by atoms with Crippen LogP contribution in [-0.4, -0.2) is 15.2 Å². The summed E-state index contributed by atoms with van der Waals surface area (Å²) in [6.45, 7) is 0. The zero-order valence-electron chi connectivity index (χ0n) is 9.81. The van der Waals surface area contributed by atoms with Gasteiger partial charge in [0.25, 0.3) is 5.91 Å². The Morgan fingerprint density at radius 1 is 1.30 bits per heavy atom. The lowest BCUT2D eigenvalue weighted by molar-refractivity contribution is -0.115. The number of nitrogens with one attached hydrogen (secondary N) is 1. The summed E-state index contributed by atoms with van der Waals surface area (Å²) in [5.74, 6) is -0.220. The minimum Gasteiger partial charge on any atom is -0.307 e. The fourth-order valence-corrected chi connectivity index (χ4v) is 3.22. The predicted octanol–water partition coefficient (Wildman–Crippen LogP) is 4.03. The number of hydrogen-bond acceptors (Lipinski definition) is 4. The summed E-state index contributed by atoms with van der Waals surface area (Å²) in [6, 6.07) is 7.20. The lowest BCUT2D eigenvalue weighted by atomic mass is 10.1. The standard InChI is InChI=1S/C13H6Cl2N2OS2/c14-8-1-2-9-6(4-8)3-7(11(15)16-9)5-10-12(18)17-13(19)20-10/h1-5H,(H,17,18,19)/b10-5-. The van der Waals surface area contributed by atoms with E-state index in [4.69, 9.17) is 35.4 Å². The number of pyridine rings is 1. The predicted molar refractivity (Wildman–Crippen MR) is 88.1 cm³/mol. The van der Waals surface area contributed by atoms with Gasteiger partial charge in [-0.2, -0.15) is 0 Å². The maximum Gasteiger partial charge on any atom is 0.263 e. The minimum absolute atomic E-state index is 0.220. The van der Waals surface area contributed by atoms with Crippen molar-refractivity contribution in [3.05, 3.63) is 44.9 Å². The van der Waals surface area contributed by atoms with Gasteiger partial charge in [0.2, 0.25) is 0 Å². The molecule has 1 aromatic heterocycles. The number of carbonyl (C=O) groups is 1. The first-order chi connectivity index (χ1) is 9.52. The van der Waals surface area contributed by atoms with Crippen molar-refractivity contribution in [3.63, 3.8) is 0 Å². The van der Waals surface area contributed by atoms with Crippen LogP contribution < -0.4 is 5.32 Å². The Hall–Kier alpha value is -1.14. The van der Waals surface area contributed by atoms with Crippen LogP contribution in [-0.2, 0) is 4.79 Å². The number of rotatable bonds is 1. The number of halogens is 2. The number of carbonyl (C=O) groups excluding carboxylic acids is 1. The largest absolute Gasteiger partial charge is 0.307 e. The van der Waals surface area contributed by atoms with Gasteiger partial charge in [0, 0.05) is 16.0 Å². The molecule has 0 spiro atoms. The molecule has 0 atom stereocenters. The van der Waals surface area contributed by atoms with Crippen LogP contribution in [0.1, 0.15) is 5.56 Å². The van der Waals surface area contributed by atoms with E-state index in [1.165, 1.54) is 11.8 Å². The monoisotopic (exact) mass is 340 g/mol. The molecule has 3 nitrogen and oxygen atoms in total. The van der Waals surface area contributed by atoms with E-state index in [1.54, 1.807) is 24.3 Å². The van der Waals surface area contributed by atoms with Gasteiger partial charge in [-0.25, -0.2) is 4.98 Å². The van der Waals surface area contributed by atoms with Crippen molar-refractivity contribution in [1.29, 1.82) is 0 Å². The summed E-state index contributed by atoms with van der Waals surface area (Å²) >= 11 is 18.3. The van der Waals surface area contributed by atoms with Crippen LogP contribution in [0.25, 0.3) is 17.0 Å². The fraction of sp³-hybridized carbons (Fsp3) is 0. The van der Waals surface area contributed by atoms with Crippen LogP contribution >= 0.6 is 47.2 Å². The molecule has 7 heteroatoms. The van der Waals surface area contributed by atoms with Gasteiger partial charge in [0.15, 0.2) is 0 Å². The maximum atomic E-state index is 11.6. The second-order valence-corrected chi connectivity index (χ2v) is 6.57. The van der Waals surface area contributed by atoms with Crippen LogP contribution in [0, 0.1) is 0 Å². The summed E-state index contributed by atoms with van der Waals surface area (Å²) < 4.78 is 0.439. The highest BCUT2D eigenvalue weighted by atomic mass is 35.5. The van der Waals surface area contributed by atoms with Crippen molar-refractivity contribution in [2.45, 2.75) is 0 Å². The average Bonchev–Trinajstić information content (AvgIpc) is 2.69. The molecule has 0 saturated carbocycles. The van der Waals surface area contributed by atoms with Gasteiger partial charge in [-0.15, -0.1) is 0 Å². The van der Waals surface area contributed by atoms with Crippen molar-refractivity contribution in [3.8, 4) is 0 Å². The van der Waals surface area contributed by atoms with Crippen LogP contribution in [0.4, 0.5) is 0 Å². The first-order valence-corrected chi connectivity index (χ1v) is 7.52. The number of hydrogen-bond donors (Lipinski definition) is 1. The summed E-state index contributed by atoms with van der Waals surface area (Å²) in [6.07, 6.45) is 1.68. The van der Waals surface area contributed by atoms with Gasteiger partial charge in [0.1, 0.15) is 9.47 Å². The van der Waals surface area contributed by atoms with Gasteiger partial charge in [-0.05, 0) is 30.3 Å². The molecule has 1 amide bonds. The first kappa shape index (κ1) is 13.8.